The highest BCUT2D eigenvalue weighted by Gasteiger charge is 2.51. The van der Waals surface area contributed by atoms with Gasteiger partial charge < -0.3 is 14.4 Å². The molecule has 0 unspecified atom stereocenters. The molecule has 0 fully saturated rings. The summed E-state index contributed by atoms with van der Waals surface area (Å²) in [4.78, 5) is 14.4. The van der Waals surface area contributed by atoms with Gasteiger partial charge in [-0.15, -0.1) is 0 Å². The van der Waals surface area contributed by atoms with Gasteiger partial charge in [-0.25, -0.2) is 0 Å². The lowest BCUT2D eigenvalue weighted by molar-refractivity contribution is -0.129. The SMILES string of the molecule is O=C1C=C2C=CCC[C@@]23c2cc4c(cc2CCN13)OCO4. The van der Waals surface area contributed by atoms with Crippen molar-refractivity contribution < 1.29 is 14.3 Å². The second-order valence-electron chi connectivity index (χ2n) is 6.00. The van der Waals surface area contributed by atoms with Crippen molar-refractivity contribution in [3.63, 3.8) is 0 Å². The molecule has 4 nitrogen and oxygen atoms in total. The average molecular weight is 281 g/mol. The van der Waals surface area contributed by atoms with Crippen LogP contribution in [0.15, 0.2) is 35.9 Å². The molecule has 3 heterocycles. The highest BCUT2D eigenvalue weighted by molar-refractivity contribution is 5.95. The maximum Gasteiger partial charge on any atom is 0.247 e. The van der Waals surface area contributed by atoms with E-state index in [0.29, 0.717) is 0 Å². The standard InChI is InChI=1S/C17H15NO3/c19-16-8-12-3-1-2-5-17(12)13-9-15-14(20-10-21-15)7-11(13)4-6-18(16)17/h1,3,7-9H,2,4-6,10H2/t17-/m0/s1. The molecular formula is C17H15NO3. The van der Waals surface area contributed by atoms with Gasteiger partial charge in [-0.3, -0.25) is 4.79 Å². The normalized spacial score (nSPS) is 28.1. The molecule has 0 saturated heterocycles. The second kappa shape index (κ2) is 3.70. The number of carbonyl (C=O) groups is 1. The largest absolute Gasteiger partial charge is 0.454 e. The minimum atomic E-state index is -0.277. The van der Waals surface area contributed by atoms with Crippen LogP contribution >= 0.6 is 0 Å². The zero-order valence-electron chi connectivity index (χ0n) is 11.6. The van der Waals surface area contributed by atoms with Crippen molar-refractivity contribution in [2.24, 2.45) is 0 Å². The molecule has 4 aliphatic rings. The lowest BCUT2D eigenvalue weighted by Gasteiger charge is -2.46. The first-order valence-corrected chi connectivity index (χ1v) is 7.42. The molecule has 3 aliphatic heterocycles. The molecule has 21 heavy (non-hydrogen) atoms. The molecule has 1 aromatic rings. The minimum absolute atomic E-state index is 0.139. The number of hydrogen-bond acceptors (Lipinski definition) is 3. The lowest BCUT2D eigenvalue weighted by atomic mass is 9.72. The van der Waals surface area contributed by atoms with Gasteiger partial charge in [0, 0.05) is 12.6 Å². The van der Waals surface area contributed by atoms with E-state index in [9.17, 15) is 4.79 Å². The van der Waals surface area contributed by atoms with Gasteiger partial charge in [-0.1, -0.05) is 12.2 Å². The fourth-order valence-electron chi connectivity index (χ4n) is 4.19. The van der Waals surface area contributed by atoms with Crippen LogP contribution < -0.4 is 9.47 Å². The summed E-state index contributed by atoms with van der Waals surface area (Å²) in [6.07, 6.45) is 8.90. The second-order valence-corrected chi connectivity index (χ2v) is 6.00. The van der Waals surface area contributed by atoms with Crippen LogP contribution in [0.4, 0.5) is 0 Å². The Bertz CT molecular complexity index is 734. The smallest absolute Gasteiger partial charge is 0.247 e. The molecular weight excluding hydrogens is 266 g/mol. The van der Waals surface area contributed by atoms with Crippen LogP contribution in [0.1, 0.15) is 24.0 Å². The van der Waals surface area contributed by atoms with Crippen LogP contribution in [-0.2, 0) is 16.8 Å². The van der Waals surface area contributed by atoms with E-state index in [-0.39, 0.29) is 18.2 Å². The predicted molar refractivity (Wildman–Crippen MR) is 76.1 cm³/mol. The molecule has 1 aliphatic carbocycles. The molecule has 0 bridgehead atoms. The Morgan fingerprint density at radius 3 is 2.95 bits per heavy atom. The summed E-state index contributed by atoms with van der Waals surface area (Å²) in [6, 6.07) is 4.19. The first kappa shape index (κ1) is 11.4. The summed E-state index contributed by atoms with van der Waals surface area (Å²) in [5.74, 6) is 1.78. The number of ether oxygens (including phenoxy) is 2. The van der Waals surface area contributed by atoms with E-state index in [4.69, 9.17) is 9.47 Å². The van der Waals surface area contributed by atoms with E-state index < -0.39 is 0 Å². The van der Waals surface area contributed by atoms with Gasteiger partial charge in [0.15, 0.2) is 11.5 Å². The fraction of sp³-hybridized carbons (Fsp3) is 0.353. The molecule has 1 aromatic carbocycles. The Labute approximate surface area is 122 Å². The molecule has 1 amide bonds. The van der Waals surface area contributed by atoms with Gasteiger partial charge in [0.25, 0.3) is 0 Å². The van der Waals surface area contributed by atoms with Crippen LogP contribution in [0.5, 0.6) is 11.5 Å². The summed E-state index contributed by atoms with van der Waals surface area (Å²) in [5, 5.41) is 0. The van der Waals surface area contributed by atoms with Crippen LogP contribution in [0.3, 0.4) is 0 Å². The highest BCUT2D eigenvalue weighted by Crippen LogP contribution is 2.52. The topological polar surface area (TPSA) is 38.8 Å². The Hall–Kier alpha value is -2.23. The molecule has 0 saturated carbocycles. The number of amides is 1. The van der Waals surface area contributed by atoms with Gasteiger partial charge in [0.2, 0.25) is 12.7 Å². The van der Waals surface area contributed by atoms with E-state index in [1.165, 1.54) is 11.1 Å². The third kappa shape index (κ3) is 1.28. The number of benzene rings is 1. The predicted octanol–water partition coefficient (Wildman–Crippen LogP) is 2.29. The molecule has 0 aromatic heterocycles. The third-order valence-corrected chi connectivity index (χ3v) is 5.10. The van der Waals surface area contributed by atoms with Gasteiger partial charge in [0.1, 0.15) is 0 Å². The Kier molecular flexibility index (Phi) is 2.01. The monoisotopic (exact) mass is 281 g/mol. The third-order valence-electron chi connectivity index (χ3n) is 5.10. The van der Waals surface area contributed by atoms with Crippen LogP contribution in [0.2, 0.25) is 0 Å². The van der Waals surface area contributed by atoms with E-state index in [0.717, 1.165) is 42.9 Å². The summed E-state index contributed by atoms with van der Waals surface area (Å²) in [7, 11) is 0. The van der Waals surface area contributed by atoms with Crippen molar-refractivity contribution in [2.75, 3.05) is 13.3 Å². The molecule has 1 atom stereocenters. The van der Waals surface area contributed by atoms with Crippen molar-refractivity contribution in [3.05, 3.63) is 47.1 Å². The van der Waals surface area contributed by atoms with Gasteiger partial charge in [-0.05, 0) is 48.1 Å². The number of hydrogen-bond donors (Lipinski definition) is 0. The molecule has 0 N–H and O–H groups in total. The summed E-state index contributed by atoms with van der Waals surface area (Å²) in [5.41, 5.74) is 3.35. The molecule has 106 valence electrons. The maximum absolute atomic E-state index is 12.4. The zero-order valence-corrected chi connectivity index (χ0v) is 11.6. The van der Waals surface area contributed by atoms with E-state index in [1.54, 1.807) is 6.08 Å². The zero-order chi connectivity index (χ0) is 14.0. The van der Waals surface area contributed by atoms with Gasteiger partial charge in [-0.2, -0.15) is 0 Å². The average Bonchev–Trinajstić information content (AvgIpc) is 3.06. The van der Waals surface area contributed by atoms with Crippen LogP contribution in [0, 0.1) is 0 Å². The number of allylic oxidation sites excluding steroid dienone is 1. The molecule has 5 rings (SSSR count). The van der Waals surface area contributed by atoms with Crippen molar-refractivity contribution in [2.45, 2.75) is 24.8 Å². The molecule has 1 spiro atoms. The van der Waals surface area contributed by atoms with Crippen molar-refractivity contribution in [3.8, 4) is 11.5 Å². The summed E-state index contributed by atoms with van der Waals surface area (Å²) in [6.45, 7) is 1.07. The Morgan fingerprint density at radius 1 is 1.19 bits per heavy atom. The van der Waals surface area contributed by atoms with E-state index in [2.05, 4.69) is 24.3 Å². The molecule has 0 radical (unpaired) electrons. The summed E-state index contributed by atoms with van der Waals surface area (Å²) >= 11 is 0. The first-order valence-electron chi connectivity index (χ1n) is 7.42. The van der Waals surface area contributed by atoms with Gasteiger partial charge >= 0.3 is 0 Å². The van der Waals surface area contributed by atoms with E-state index in [1.807, 2.05) is 4.90 Å². The highest BCUT2D eigenvalue weighted by atomic mass is 16.7. The van der Waals surface area contributed by atoms with Crippen molar-refractivity contribution in [1.82, 2.24) is 4.90 Å². The number of rotatable bonds is 0. The van der Waals surface area contributed by atoms with Crippen molar-refractivity contribution in [1.29, 1.82) is 0 Å². The Morgan fingerprint density at radius 2 is 2.05 bits per heavy atom. The lowest BCUT2D eigenvalue weighted by Crippen LogP contribution is -2.50. The van der Waals surface area contributed by atoms with Crippen LogP contribution in [0.25, 0.3) is 0 Å². The first-order chi connectivity index (χ1) is 10.3. The van der Waals surface area contributed by atoms with E-state index >= 15 is 0 Å². The maximum atomic E-state index is 12.4. The number of nitrogens with zero attached hydrogens (tertiary/aromatic N) is 1. The quantitative estimate of drug-likeness (QED) is 0.732. The summed E-state index contributed by atoms with van der Waals surface area (Å²) < 4.78 is 11.1. The number of carbonyl (C=O) groups excluding carboxylic acids is 1. The molecule has 4 heteroatoms. The van der Waals surface area contributed by atoms with Gasteiger partial charge in [0.05, 0.1) is 5.54 Å². The van der Waals surface area contributed by atoms with Crippen LogP contribution in [-0.4, -0.2) is 24.1 Å². The fourth-order valence-corrected chi connectivity index (χ4v) is 4.19. The minimum Gasteiger partial charge on any atom is -0.454 e. The number of fused-ring (bicyclic) bond motifs is 2. The van der Waals surface area contributed by atoms with Crippen molar-refractivity contribution >= 4 is 5.91 Å². The Balaban J connectivity index is 1.78.